The van der Waals surface area contributed by atoms with Gasteiger partial charge in [-0.25, -0.2) is 9.78 Å². The molecule has 22 heavy (non-hydrogen) atoms. The fourth-order valence-corrected chi connectivity index (χ4v) is 2.92. The highest BCUT2D eigenvalue weighted by Crippen LogP contribution is 2.20. The number of hydrogen-bond acceptors (Lipinski definition) is 5. The van der Waals surface area contributed by atoms with Gasteiger partial charge in [-0.05, 0) is 12.5 Å². The average molecular weight is 320 g/mol. The molecule has 0 spiro atoms. The van der Waals surface area contributed by atoms with Crippen LogP contribution < -0.4 is 5.32 Å². The lowest BCUT2D eigenvalue weighted by atomic mass is 10.1. The van der Waals surface area contributed by atoms with Gasteiger partial charge < -0.3 is 15.2 Å². The Morgan fingerprint density at radius 2 is 2.05 bits per heavy atom. The van der Waals surface area contributed by atoms with E-state index in [2.05, 4.69) is 10.3 Å². The molecule has 0 aliphatic rings. The van der Waals surface area contributed by atoms with Crippen molar-refractivity contribution in [3.05, 3.63) is 51.5 Å². The maximum Gasteiger partial charge on any atom is 0.330 e. The molecule has 0 saturated heterocycles. The lowest BCUT2D eigenvalue weighted by Gasteiger charge is -2.14. The third-order valence-corrected chi connectivity index (χ3v) is 4.10. The molecular weight excluding hydrogens is 304 g/mol. The second kappa shape index (κ2) is 7.15. The zero-order valence-corrected chi connectivity index (χ0v) is 13.0. The molecule has 0 aliphatic heterocycles. The number of thiazole rings is 1. The molecule has 0 unspecified atom stereocenters. The molecule has 116 valence electrons. The molecule has 1 amide bonds. The number of amides is 1. The van der Waals surface area contributed by atoms with E-state index in [4.69, 9.17) is 4.74 Å². The van der Waals surface area contributed by atoms with Crippen LogP contribution in [0.15, 0.2) is 30.3 Å². The summed E-state index contributed by atoms with van der Waals surface area (Å²) in [5, 5.41) is 12.5. The van der Waals surface area contributed by atoms with Crippen LogP contribution in [0.5, 0.6) is 0 Å². The van der Waals surface area contributed by atoms with Crippen molar-refractivity contribution in [3.8, 4) is 0 Å². The van der Waals surface area contributed by atoms with Crippen molar-refractivity contribution in [3.63, 3.8) is 0 Å². The minimum atomic E-state index is -1.11. The summed E-state index contributed by atoms with van der Waals surface area (Å²) in [5.74, 6) is -1.56. The average Bonchev–Trinajstić information content (AvgIpc) is 2.86. The van der Waals surface area contributed by atoms with Gasteiger partial charge in [-0.2, -0.15) is 0 Å². The number of nitrogens with one attached hydrogen (secondary N) is 1. The van der Waals surface area contributed by atoms with E-state index in [-0.39, 0.29) is 0 Å². The maximum atomic E-state index is 12.3. The normalized spacial score (nSPS) is 11.9. The van der Waals surface area contributed by atoms with Gasteiger partial charge in [0.15, 0.2) is 6.04 Å². The number of carboxylic acid groups (broad SMARTS) is 1. The summed E-state index contributed by atoms with van der Waals surface area (Å²) in [6.07, 6.45) is 0. The van der Waals surface area contributed by atoms with Crippen LogP contribution in [0.3, 0.4) is 0 Å². The lowest BCUT2D eigenvalue weighted by molar-refractivity contribution is -0.139. The van der Waals surface area contributed by atoms with E-state index in [0.29, 0.717) is 27.7 Å². The van der Waals surface area contributed by atoms with E-state index in [1.165, 1.54) is 11.3 Å². The molecule has 0 fully saturated rings. The van der Waals surface area contributed by atoms with Crippen molar-refractivity contribution >= 4 is 23.2 Å². The van der Waals surface area contributed by atoms with Gasteiger partial charge in [-0.3, -0.25) is 4.79 Å². The monoisotopic (exact) mass is 320 g/mol. The number of nitrogens with zero attached hydrogens (tertiary/aromatic N) is 1. The SMILES string of the molecule is COCc1nc(C)c(C(=O)N[C@@H](C(=O)O)c2ccccc2)s1. The fraction of sp³-hybridized carbons (Fsp3) is 0.267. The van der Waals surface area contributed by atoms with E-state index >= 15 is 0 Å². The van der Waals surface area contributed by atoms with Gasteiger partial charge in [0.1, 0.15) is 9.88 Å². The second-order valence-electron chi connectivity index (χ2n) is 4.61. The van der Waals surface area contributed by atoms with Crippen molar-refractivity contribution in [2.45, 2.75) is 19.6 Å². The van der Waals surface area contributed by atoms with E-state index in [9.17, 15) is 14.7 Å². The van der Waals surface area contributed by atoms with Crippen molar-refractivity contribution < 1.29 is 19.4 Å². The molecule has 1 atom stereocenters. The van der Waals surface area contributed by atoms with Crippen LogP contribution in [0, 0.1) is 6.92 Å². The van der Waals surface area contributed by atoms with Crippen molar-refractivity contribution in [2.24, 2.45) is 0 Å². The number of carboxylic acids is 1. The summed E-state index contributed by atoms with van der Waals surface area (Å²) in [6.45, 7) is 2.03. The van der Waals surface area contributed by atoms with Crippen LogP contribution in [0.2, 0.25) is 0 Å². The van der Waals surface area contributed by atoms with Gasteiger partial charge in [0.2, 0.25) is 0 Å². The Hall–Kier alpha value is -2.25. The Morgan fingerprint density at radius 1 is 1.36 bits per heavy atom. The number of aromatic nitrogens is 1. The summed E-state index contributed by atoms with van der Waals surface area (Å²) in [5.41, 5.74) is 1.08. The molecule has 0 radical (unpaired) electrons. The molecule has 1 heterocycles. The summed E-state index contributed by atoms with van der Waals surface area (Å²) in [7, 11) is 1.55. The topological polar surface area (TPSA) is 88.5 Å². The molecule has 1 aromatic carbocycles. The summed E-state index contributed by atoms with van der Waals surface area (Å²) in [6, 6.07) is 7.47. The Labute approximate surface area is 131 Å². The first-order valence-electron chi connectivity index (χ1n) is 6.56. The van der Waals surface area contributed by atoms with Gasteiger partial charge in [0, 0.05) is 7.11 Å². The highest BCUT2D eigenvalue weighted by molar-refractivity contribution is 7.13. The van der Waals surface area contributed by atoms with Gasteiger partial charge in [0.05, 0.1) is 12.3 Å². The van der Waals surface area contributed by atoms with E-state index in [0.717, 1.165) is 0 Å². The molecule has 6 nitrogen and oxygen atoms in total. The first-order chi connectivity index (χ1) is 10.5. The molecule has 0 saturated carbocycles. The molecule has 1 aromatic heterocycles. The van der Waals surface area contributed by atoms with Gasteiger partial charge in [-0.15, -0.1) is 11.3 Å². The van der Waals surface area contributed by atoms with Crippen LogP contribution >= 0.6 is 11.3 Å². The van der Waals surface area contributed by atoms with Crippen LogP contribution in [-0.4, -0.2) is 29.1 Å². The number of benzene rings is 1. The number of rotatable bonds is 6. The lowest BCUT2D eigenvalue weighted by Crippen LogP contribution is -2.33. The number of ether oxygens (including phenoxy) is 1. The molecule has 0 bridgehead atoms. The molecule has 2 rings (SSSR count). The molecule has 2 N–H and O–H groups in total. The Balaban J connectivity index is 2.20. The van der Waals surface area contributed by atoms with Crippen LogP contribution in [0.25, 0.3) is 0 Å². The predicted octanol–water partition coefficient (Wildman–Crippen LogP) is 2.15. The van der Waals surface area contributed by atoms with Gasteiger partial charge in [0.25, 0.3) is 5.91 Å². The third kappa shape index (κ3) is 3.69. The van der Waals surface area contributed by atoms with Crippen molar-refractivity contribution in [1.82, 2.24) is 10.3 Å². The van der Waals surface area contributed by atoms with Gasteiger partial charge in [-0.1, -0.05) is 30.3 Å². The summed E-state index contributed by atoms with van der Waals surface area (Å²) >= 11 is 1.20. The van der Waals surface area contributed by atoms with E-state index in [1.54, 1.807) is 44.4 Å². The third-order valence-electron chi connectivity index (χ3n) is 2.97. The first kappa shape index (κ1) is 16.1. The van der Waals surface area contributed by atoms with E-state index < -0.39 is 17.9 Å². The Morgan fingerprint density at radius 3 is 2.64 bits per heavy atom. The minimum Gasteiger partial charge on any atom is -0.479 e. The standard InChI is InChI=1S/C15H16N2O4S/c1-9-13(22-11(16-9)8-21-2)14(18)17-12(15(19)20)10-6-4-3-5-7-10/h3-7,12H,8H2,1-2H3,(H,17,18)(H,19,20)/t12-/m1/s1. The Kier molecular flexibility index (Phi) is 5.24. The summed E-state index contributed by atoms with van der Waals surface area (Å²) in [4.78, 5) is 28.4. The first-order valence-corrected chi connectivity index (χ1v) is 7.38. The largest absolute Gasteiger partial charge is 0.479 e. The predicted molar refractivity (Wildman–Crippen MR) is 81.8 cm³/mol. The number of aryl methyl sites for hydroxylation is 1. The van der Waals surface area contributed by atoms with Crippen LogP contribution in [0.1, 0.15) is 32.0 Å². The van der Waals surface area contributed by atoms with Crippen LogP contribution in [-0.2, 0) is 16.1 Å². The molecule has 0 aliphatic carbocycles. The van der Waals surface area contributed by atoms with Crippen LogP contribution in [0.4, 0.5) is 0 Å². The number of hydrogen-bond donors (Lipinski definition) is 2. The number of methoxy groups -OCH3 is 1. The Bertz CT molecular complexity index is 669. The number of aliphatic carboxylic acids is 1. The zero-order chi connectivity index (χ0) is 16.1. The molecule has 7 heteroatoms. The molecular formula is C15H16N2O4S. The highest BCUT2D eigenvalue weighted by Gasteiger charge is 2.24. The van der Waals surface area contributed by atoms with Crippen molar-refractivity contribution in [2.75, 3.05) is 7.11 Å². The summed E-state index contributed by atoms with van der Waals surface area (Å²) < 4.78 is 4.99. The molecule has 2 aromatic rings. The maximum absolute atomic E-state index is 12.3. The van der Waals surface area contributed by atoms with Gasteiger partial charge >= 0.3 is 5.97 Å². The minimum absolute atomic E-state index is 0.319. The smallest absolute Gasteiger partial charge is 0.330 e. The zero-order valence-electron chi connectivity index (χ0n) is 12.2. The van der Waals surface area contributed by atoms with Crippen molar-refractivity contribution in [1.29, 1.82) is 0 Å². The highest BCUT2D eigenvalue weighted by atomic mass is 32.1. The number of carbonyl (C=O) groups excluding carboxylic acids is 1. The quantitative estimate of drug-likeness (QED) is 0.851. The second-order valence-corrected chi connectivity index (χ2v) is 5.69. The fourth-order valence-electron chi connectivity index (χ4n) is 1.98. The van der Waals surface area contributed by atoms with E-state index in [1.807, 2.05) is 0 Å². The number of carbonyl (C=O) groups is 2.